The van der Waals surface area contributed by atoms with Gasteiger partial charge in [-0.1, -0.05) is 23.8 Å². The Hall–Kier alpha value is -2.36. The Morgan fingerprint density at radius 3 is 2.65 bits per heavy atom. The highest BCUT2D eigenvalue weighted by Gasteiger charge is 2.54. The Bertz CT molecular complexity index is 907. The summed E-state index contributed by atoms with van der Waals surface area (Å²) in [7, 11) is 0. The van der Waals surface area contributed by atoms with E-state index in [0.717, 1.165) is 11.6 Å². The molecule has 0 radical (unpaired) electrons. The predicted molar refractivity (Wildman–Crippen MR) is 102 cm³/mol. The first-order valence-corrected chi connectivity index (χ1v) is 9.65. The van der Waals surface area contributed by atoms with Gasteiger partial charge in [0.1, 0.15) is 0 Å². The molecule has 134 valence electrons. The molecule has 2 bridgehead atoms. The first kappa shape index (κ1) is 15.9. The van der Waals surface area contributed by atoms with Crippen LogP contribution in [-0.2, 0) is 0 Å². The molecule has 4 nitrogen and oxygen atoms in total. The van der Waals surface area contributed by atoms with Crippen LogP contribution in [0.4, 0.5) is 11.4 Å². The lowest BCUT2D eigenvalue weighted by atomic mass is 9.67. The third-order valence-electron chi connectivity index (χ3n) is 7.05. The van der Waals surface area contributed by atoms with Crippen molar-refractivity contribution in [3.05, 3.63) is 68.8 Å². The van der Waals surface area contributed by atoms with Crippen molar-refractivity contribution in [2.45, 2.75) is 45.1 Å². The van der Waals surface area contributed by atoms with Crippen LogP contribution in [0.1, 0.15) is 53.5 Å². The van der Waals surface area contributed by atoms with E-state index in [2.05, 4.69) is 37.4 Å². The number of non-ortho nitro benzene ring substituents is 1. The van der Waals surface area contributed by atoms with E-state index in [4.69, 9.17) is 0 Å². The highest BCUT2D eigenvalue weighted by molar-refractivity contribution is 5.62. The van der Waals surface area contributed by atoms with Crippen molar-refractivity contribution in [2.75, 3.05) is 5.32 Å². The lowest BCUT2D eigenvalue weighted by molar-refractivity contribution is -0.384. The summed E-state index contributed by atoms with van der Waals surface area (Å²) >= 11 is 0. The fourth-order valence-electron chi connectivity index (χ4n) is 5.99. The summed E-state index contributed by atoms with van der Waals surface area (Å²) in [5.41, 5.74) is 6.52. The van der Waals surface area contributed by atoms with Crippen molar-refractivity contribution in [1.82, 2.24) is 0 Å². The Labute approximate surface area is 153 Å². The maximum Gasteiger partial charge on any atom is 0.269 e. The molecule has 5 rings (SSSR count). The van der Waals surface area contributed by atoms with Gasteiger partial charge >= 0.3 is 0 Å². The topological polar surface area (TPSA) is 55.2 Å². The van der Waals surface area contributed by atoms with Crippen molar-refractivity contribution in [2.24, 2.45) is 17.8 Å². The summed E-state index contributed by atoms with van der Waals surface area (Å²) in [6.45, 7) is 4.35. The molecule has 2 fully saturated rings. The van der Waals surface area contributed by atoms with Gasteiger partial charge in [-0.3, -0.25) is 10.1 Å². The highest BCUT2D eigenvalue weighted by Crippen LogP contribution is 2.64. The van der Waals surface area contributed by atoms with Gasteiger partial charge in [-0.15, -0.1) is 0 Å². The molecule has 2 aromatic carbocycles. The van der Waals surface area contributed by atoms with Crippen LogP contribution >= 0.6 is 0 Å². The molecular formula is C22H24N2O2. The zero-order valence-electron chi connectivity index (χ0n) is 15.2. The van der Waals surface area contributed by atoms with E-state index in [-0.39, 0.29) is 10.6 Å². The van der Waals surface area contributed by atoms with Gasteiger partial charge in [-0.2, -0.15) is 0 Å². The molecule has 5 atom stereocenters. The Morgan fingerprint density at radius 1 is 1.04 bits per heavy atom. The molecule has 2 aliphatic carbocycles. The molecule has 1 N–H and O–H groups in total. The van der Waals surface area contributed by atoms with E-state index in [1.807, 2.05) is 12.1 Å². The molecule has 26 heavy (non-hydrogen) atoms. The third kappa shape index (κ3) is 2.21. The number of nitrogens with one attached hydrogen (secondary N) is 1. The first-order chi connectivity index (χ1) is 12.5. The molecule has 3 aliphatic rings. The van der Waals surface area contributed by atoms with Gasteiger partial charge in [0.05, 0.1) is 11.0 Å². The van der Waals surface area contributed by atoms with Crippen LogP contribution < -0.4 is 5.32 Å². The summed E-state index contributed by atoms with van der Waals surface area (Å²) in [6.07, 6.45) is 3.85. The minimum atomic E-state index is -0.265. The number of nitrogens with zero attached hydrogens (tertiary/aromatic N) is 1. The second-order valence-electron chi connectivity index (χ2n) is 8.45. The van der Waals surface area contributed by atoms with Gasteiger partial charge in [-0.05, 0) is 79.5 Å². The zero-order chi connectivity index (χ0) is 18.0. The number of fused-ring (bicyclic) bond motifs is 7. The van der Waals surface area contributed by atoms with Crippen molar-refractivity contribution in [3.63, 3.8) is 0 Å². The monoisotopic (exact) mass is 348 g/mol. The van der Waals surface area contributed by atoms with Crippen LogP contribution in [0.5, 0.6) is 0 Å². The second-order valence-corrected chi connectivity index (χ2v) is 8.45. The molecule has 2 aromatic rings. The van der Waals surface area contributed by atoms with Crippen LogP contribution in [0.15, 0.2) is 36.4 Å². The summed E-state index contributed by atoms with van der Waals surface area (Å²) in [4.78, 5) is 11.0. The minimum absolute atomic E-state index is 0.220. The third-order valence-corrected chi connectivity index (χ3v) is 7.05. The molecular weight excluding hydrogens is 324 g/mol. The molecule has 0 amide bonds. The SMILES string of the molecule is Cc1ccc(C)c([C@@H]2Nc3ccc([N+](=O)[O-])cc3[C@@H]3[C@H]4CC[C@@H](C4)[C@@H]32)c1. The maximum absolute atomic E-state index is 11.3. The average Bonchev–Trinajstić information content (AvgIpc) is 3.25. The first-order valence-electron chi connectivity index (χ1n) is 9.65. The van der Waals surface area contributed by atoms with E-state index in [1.165, 1.54) is 41.5 Å². The zero-order valence-corrected chi connectivity index (χ0v) is 15.2. The molecule has 0 spiro atoms. The van der Waals surface area contributed by atoms with Crippen molar-refractivity contribution in [3.8, 4) is 0 Å². The van der Waals surface area contributed by atoms with E-state index < -0.39 is 0 Å². The Morgan fingerprint density at radius 2 is 1.85 bits per heavy atom. The van der Waals surface area contributed by atoms with Gasteiger partial charge in [-0.25, -0.2) is 0 Å². The van der Waals surface area contributed by atoms with Gasteiger partial charge in [0.2, 0.25) is 0 Å². The van der Waals surface area contributed by atoms with E-state index in [1.54, 1.807) is 6.07 Å². The Balaban J connectivity index is 1.66. The number of aryl methyl sites for hydroxylation is 2. The largest absolute Gasteiger partial charge is 0.378 e. The lowest BCUT2D eigenvalue weighted by Gasteiger charge is -2.44. The van der Waals surface area contributed by atoms with Crippen LogP contribution in [0.2, 0.25) is 0 Å². The van der Waals surface area contributed by atoms with Crippen LogP contribution in [0.3, 0.4) is 0 Å². The quantitative estimate of drug-likeness (QED) is 0.575. The van der Waals surface area contributed by atoms with Gasteiger partial charge in [0.15, 0.2) is 0 Å². The van der Waals surface area contributed by atoms with E-state index >= 15 is 0 Å². The van der Waals surface area contributed by atoms with Crippen LogP contribution in [0, 0.1) is 41.7 Å². The number of anilines is 1. The molecule has 1 aliphatic heterocycles. The number of hydrogen-bond acceptors (Lipinski definition) is 3. The minimum Gasteiger partial charge on any atom is -0.378 e. The fraction of sp³-hybridized carbons (Fsp3) is 0.455. The lowest BCUT2D eigenvalue weighted by Crippen LogP contribution is -2.35. The molecule has 0 saturated heterocycles. The molecule has 2 saturated carbocycles. The second kappa shape index (κ2) is 5.57. The van der Waals surface area contributed by atoms with Crippen molar-refractivity contribution < 1.29 is 4.92 Å². The maximum atomic E-state index is 11.3. The van der Waals surface area contributed by atoms with Crippen LogP contribution in [-0.4, -0.2) is 4.92 Å². The summed E-state index contributed by atoms with van der Waals surface area (Å²) in [5, 5.41) is 15.1. The predicted octanol–water partition coefficient (Wildman–Crippen LogP) is 5.51. The van der Waals surface area contributed by atoms with E-state index in [0.29, 0.717) is 23.8 Å². The number of nitro groups is 1. The molecule has 4 heteroatoms. The standard InChI is InChI=1S/C22H24N2O2/c1-12-3-4-13(2)17(9-12)22-21-15-6-5-14(10-15)20(21)18-11-16(24(25)26)7-8-19(18)23-22/h3-4,7-9,11,14-15,20-23H,5-6,10H2,1-2H3/t14-,15-,20-,21-,22-/m0/s1. The molecule has 0 unspecified atom stereocenters. The van der Waals surface area contributed by atoms with Crippen LogP contribution in [0.25, 0.3) is 0 Å². The Kier molecular flexibility index (Phi) is 3.40. The summed E-state index contributed by atoms with van der Waals surface area (Å²) in [5.74, 6) is 2.41. The van der Waals surface area contributed by atoms with Gasteiger partial charge in [0, 0.05) is 17.8 Å². The fourth-order valence-corrected chi connectivity index (χ4v) is 5.99. The number of benzene rings is 2. The molecule has 1 heterocycles. The summed E-state index contributed by atoms with van der Waals surface area (Å²) < 4.78 is 0. The normalized spacial score (nSPS) is 31.2. The van der Waals surface area contributed by atoms with E-state index in [9.17, 15) is 10.1 Å². The smallest absolute Gasteiger partial charge is 0.269 e. The van der Waals surface area contributed by atoms with Crippen molar-refractivity contribution >= 4 is 11.4 Å². The van der Waals surface area contributed by atoms with Gasteiger partial charge < -0.3 is 5.32 Å². The number of rotatable bonds is 2. The summed E-state index contributed by atoms with van der Waals surface area (Å²) in [6, 6.07) is 12.4. The highest BCUT2D eigenvalue weighted by atomic mass is 16.6. The van der Waals surface area contributed by atoms with Gasteiger partial charge in [0.25, 0.3) is 5.69 Å². The average molecular weight is 348 g/mol. The number of hydrogen-bond donors (Lipinski definition) is 1. The van der Waals surface area contributed by atoms with Crippen molar-refractivity contribution in [1.29, 1.82) is 0 Å². The number of nitro benzene ring substituents is 1. The molecule has 0 aromatic heterocycles.